The first-order valence-electron chi connectivity index (χ1n) is 4.25. The molecule has 0 saturated heterocycles. The van der Waals surface area contributed by atoms with Crippen molar-refractivity contribution < 1.29 is 14.4 Å². The minimum Gasteiger partial charge on any atom is -0.486 e. The molecule has 1 aliphatic rings. The number of nitrogens with zero attached hydrogens (tertiary/aromatic N) is 1. The number of rotatable bonds is 1. The highest BCUT2D eigenvalue weighted by Gasteiger charge is 2.19. The Morgan fingerprint density at radius 3 is 3.00 bits per heavy atom. The van der Waals surface area contributed by atoms with Crippen molar-refractivity contribution in [3.8, 4) is 11.5 Å². The normalized spacial score (nSPS) is 19.1. The van der Waals surface area contributed by atoms with E-state index in [4.69, 9.17) is 9.47 Å². The average Bonchev–Trinajstić information content (AvgIpc) is 2.16. The first kappa shape index (κ1) is 8.80. The van der Waals surface area contributed by atoms with Crippen LogP contribution >= 0.6 is 0 Å². The molecule has 5 heteroatoms. The van der Waals surface area contributed by atoms with E-state index in [0.29, 0.717) is 18.1 Å². The maximum absolute atomic E-state index is 10.5. The van der Waals surface area contributed by atoms with Crippen LogP contribution in [0.4, 0.5) is 5.69 Å². The quantitative estimate of drug-likeness (QED) is 0.506. The monoisotopic (exact) mass is 195 g/mol. The van der Waals surface area contributed by atoms with E-state index in [0.717, 1.165) is 0 Å². The zero-order valence-corrected chi connectivity index (χ0v) is 7.60. The lowest BCUT2D eigenvalue weighted by Gasteiger charge is -2.23. The Bertz CT molecular complexity index is 377. The molecule has 5 nitrogen and oxygen atoms in total. The van der Waals surface area contributed by atoms with Gasteiger partial charge in [0, 0.05) is 6.07 Å². The number of non-ortho nitro benzene ring substituents is 1. The number of nitro groups is 1. The number of fused-ring (bicyclic) bond motifs is 1. The molecule has 1 aliphatic heterocycles. The zero-order valence-electron chi connectivity index (χ0n) is 7.60. The Balaban J connectivity index is 2.37. The van der Waals surface area contributed by atoms with Crippen molar-refractivity contribution in [2.24, 2.45) is 0 Å². The lowest BCUT2D eigenvalue weighted by Crippen LogP contribution is -2.25. The summed E-state index contributed by atoms with van der Waals surface area (Å²) in [6.45, 7) is 2.33. The number of benzene rings is 1. The SMILES string of the molecule is CC1COc2ccc([N+](=O)[O-])cc2O1. The van der Waals surface area contributed by atoms with Crippen molar-refractivity contribution in [3.05, 3.63) is 28.3 Å². The first-order chi connectivity index (χ1) is 6.66. The third kappa shape index (κ3) is 1.48. The van der Waals surface area contributed by atoms with Gasteiger partial charge in [0.05, 0.1) is 11.0 Å². The number of hydrogen-bond donors (Lipinski definition) is 0. The topological polar surface area (TPSA) is 61.6 Å². The Morgan fingerprint density at radius 1 is 1.50 bits per heavy atom. The molecule has 1 atom stereocenters. The molecule has 14 heavy (non-hydrogen) atoms. The minimum absolute atomic E-state index is 0.0152. The van der Waals surface area contributed by atoms with Crippen LogP contribution in [-0.4, -0.2) is 17.6 Å². The van der Waals surface area contributed by atoms with E-state index < -0.39 is 4.92 Å². The highest BCUT2D eigenvalue weighted by Crippen LogP contribution is 2.34. The van der Waals surface area contributed by atoms with E-state index in [9.17, 15) is 10.1 Å². The van der Waals surface area contributed by atoms with E-state index in [1.165, 1.54) is 12.1 Å². The second-order valence-electron chi connectivity index (χ2n) is 3.13. The van der Waals surface area contributed by atoms with Gasteiger partial charge in [-0.25, -0.2) is 0 Å². The van der Waals surface area contributed by atoms with Gasteiger partial charge >= 0.3 is 0 Å². The molecule has 0 spiro atoms. The Kier molecular flexibility index (Phi) is 1.99. The van der Waals surface area contributed by atoms with Crippen molar-refractivity contribution in [1.29, 1.82) is 0 Å². The number of ether oxygens (including phenoxy) is 2. The third-order valence-corrected chi connectivity index (χ3v) is 1.94. The molecule has 0 N–H and O–H groups in total. The van der Waals surface area contributed by atoms with Gasteiger partial charge in [0.15, 0.2) is 11.5 Å². The first-order valence-corrected chi connectivity index (χ1v) is 4.25. The van der Waals surface area contributed by atoms with Crippen molar-refractivity contribution in [2.45, 2.75) is 13.0 Å². The number of hydrogen-bond acceptors (Lipinski definition) is 4. The summed E-state index contributed by atoms with van der Waals surface area (Å²) in [7, 11) is 0. The fourth-order valence-electron chi connectivity index (χ4n) is 1.28. The van der Waals surface area contributed by atoms with E-state index in [1.807, 2.05) is 6.92 Å². The molecule has 1 unspecified atom stereocenters. The Hall–Kier alpha value is -1.78. The van der Waals surface area contributed by atoms with E-state index >= 15 is 0 Å². The van der Waals surface area contributed by atoms with E-state index in [2.05, 4.69) is 0 Å². The molecular formula is C9H9NO4. The fraction of sp³-hybridized carbons (Fsp3) is 0.333. The Labute approximate surface area is 80.4 Å². The summed E-state index contributed by atoms with van der Waals surface area (Å²) < 4.78 is 10.7. The van der Waals surface area contributed by atoms with Gasteiger partial charge < -0.3 is 9.47 Å². The highest BCUT2D eigenvalue weighted by molar-refractivity contribution is 5.49. The predicted molar refractivity (Wildman–Crippen MR) is 48.7 cm³/mol. The molecule has 0 aromatic heterocycles. The summed E-state index contributed by atoms with van der Waals surface area (Å²) in [4.78, 5) is 10.0. The van der Waals surface area contributed by atoms with Crippen molar-refractivity contribution >= 4 is 5.69 Å². The zero-order chi connectivity index (χ0) is 10.1. The van der Waals surface area contributed by atoms with E-state index in [1.54, 1.807) is 6.07 Å². The van der Waals surface area contributed by atoms with Gasteiger partial charge in [0.2, 0.25) is 0 Å². The van der Waals surface area contributed by atoms with Gasteiger partial charge in [0.25, 0.3) is 5.69 Å². The van der Waals surface area contributed by atoms with Crippen LogP contribution in [0.1, 0.15) is 6.92 Å². The van der Waals surface area contributed by atoms with Crippen LogP contribution in [0.2, 0.25) is 0 Å². The molecule has 0 saturated carbocycles. The third-order valence-electron chi connectivity index (χ3n) is 1.94. The van der Waals surface area contributed by atoms with Gasteiger partial charge in [-0.1, -0.05) is 0 Å². The van der Waals surface area contributed by atoms with Gasteiger partial charge in [-0.15, -0.1) is 0 Å². The van der Waals surface area contributed by atoms with Crippen LogP contribution in [0.15, 0.2) is 18.2 Å². The summed E-state index contributed by atoms with van der Waals surface area (Å²) in [6.07, 6.45) is -0.0653. The fourth-order valence-corrected chi connectivity index (χ4v) is 1.28. The largest absolute Gasteiger partial charge is 0.486 e. The highest BCUT2D eigenvalue weighted by atomic mass is 16.6. The molecule has 0 bridgehead atoms. The molecule has 0 amide bonds. The van der Waals surface area contributed by atoms with Crippen LogP contribution in [0, 0.1) is 10.1 Å². The van der Waals surface area contributed by atoms with Crippen LogP contribution in [0.3, 0.4) is 0 Å². The van der Waals surface area contributed by atoms with Gasteiger partial charge in [0.1, 0.15) is 12.7 Å². The van der Waals surface area contributed by atoms with Crippen molar-refractivity contribution in [2.75, 3.05) is 6.61 Å². The molecule has 0 radical (unpaired) electrons. The van der Waals surface area contributed by atoms with Crippen LogP contribution in [0.5, 0.6) is 11.5 Å². The summed E-state index contributed by atoms with van der Waals surface area (Å²) >= 11 is 0. The standard InChI is InChI=1S/C9H9NO4/c1-6-5-13-8-3-2-7(10(11)12)4-9(8)14-6/h2-4,6H,5H2,1H3. The molecule has 0 aliphatic carbocycles. The van der Waals surface area contributed by atoms with Crippen molar-refractivity contribution in [1.82, 2.24) is 0 Å². The molecule has 0 fully saturated rings. The molecule has 1 aromatic carbocycles. The summed E-state index contributed by atoms with van der Waals surface area (Å²) in [6, 6.07) is 4.34. The predicted octanol–water partition coefficient (Wildman–Crippen LogP) is 1.75. The van der Waals surface area contributed by atoms with Crippen LogP contribution < -0.4 is 9.47 Å². The lowest BCUT2D eigenvalue weighted by molar-refractivity contribution is -0.385. The Morgan fingerprint density at radius 2 is 2.29 bits per heavy atom. The summed E-state index contributed by atoms with van der Waals surface area (Å²) in [5.41, 5.74) is 0.0152. The van der Waals surface area contributed by atoms with Crippen molar-refractivity contribution in [3.63, 3.8) is 0 Å². The maximum Gasteiger partial charge on any atom is 0.273 e. The second kappa shape index (κ2) is 3.17. The van der Waals surface area contributed by atoms with E-state index in [-0.39, 0.29) is 11.8 Å². The molecular weight excluding hydrogens is 186 g/mol. The molecule has 1 heterocycles. The number of nitro benzene ring substituents is 1. The van der Waals surface area contributed by atoms with Crippen LogP contribution in [-0.2, 0) is 0 Å². The molecule has 2 rings (SSSR count). The molecule has 1 aromatic rings. The smallest absolute Gasteiger partial charge is 0.273 e. The van der Waals surface area contributed by atoms with Gasteiger partial charge in [-0.05, 0) is 13.0 Å². The van der Waals surface area contributed by atoms with Gasteiger partial charge in [-0.2, -0.15) is 0 Å². The van der Waals surface area contributed by atoms with Gasteiger partial charge in [-0.3, -0.25) is 10.1 Å². The minimum atomic E-state index is -0.455. The lowest BCUT2D eigenvalue weighted by atomic mass is 10.2. The summed E-state index contributed by atoms with van der Waals surface area (Å²) in [5, 5.41) is 10.5. The maximum atomic E-state index is 10.5. The second-order valence-corrected chi connectivity index (χ2v) is 3.13. The summed E-state index contributed by atoms with van der Waals surface area (Å²) in [5.74, 6) is 1.01. The van der Waals surface area contributed by atoms with Crippen LogP contribution in [0.25, 0.3) is 0 Å². The molecule has 74 valence electrons. The average molecular weight is 195 g/mol.